The molecule has 0 aromatic carbocycles. The van der Waals surface area contributed by atoms with E-state index in [2.05, 4.69) is 25.5 Å². The number of carbonyl (C=O) groups is 2. The van der Waals surface area contributed by atoms with Crippen molar-refractivity contribution in [1.82, 2.24) is 25.5 Å². The number of rotatable bonds is 6. The number of carboxylic acid groups (broad SMARTS) is 1. The summed E-state index contributed by atoms with van der Waals surface area (Å²) >= 11 is 0. The number of hydrogen-bond donors (Lipinski definition) is 3. The number of nitrogens with zero attached hydrogens (tertiary/aromatic N) is 3. The minimum absolute atomic E-state index is 0.103. The predicted molar refractivity (Wildman–Crippen MR) is 93.3 cm³/mol. The summed E-state index contributed by atoms with van der Waals surface area (Å²) in [6.07, 6.45) is 7.11. The molecule has 1 aromatic heterocycles. The molecule has 3 N–H and O–H groups in total. The molecule has 0 bridgehead atoms. The highest BCUT2D eigenvalue weighted by molar-refractivity contribution is 5.82. The lowest BCUT2D eigenvalue weighted by Crippen LogP contribution is -2.57. The van der Waals surface area contributed by atoms with Crippen LogP contribution < -0.4 is 10.6 Å². The number of nitrogens with one attached hydrogen (secondary N) is 2. The molecule has 8 heteroatoms. The molecule has 1 aliphatic heterocycles. The molecule has 4 rings (SSSR count). The summed E-state index contributed by atoms with van der Waals surface area (Å²) in [7, 11) is 0. The Morgan fingerprint density at radius 2 is 1.96 bits per heavy atom. The van der Waals surface area contributed by atoms with Crippen molar-refractivity contribution in [3.05, 3.63) is 24.3 Å². The minimum atomic E-state index is -1.07. The first-order valence-electron chi connectivity index (χ1n) is 9.37. The van der Waals surface area contributed by atoms with Gasteiger partial charge in [0, 0.05) is 38.1 Å². The number of amides is 2. The lowest BCUT2D eigenvalue weighted by molar-refractivity contribution is -0.128. The van der Waals surface area contributed by atoms with Crippen LogP contribution in [0, 0.1) is 11.8 Å². The van der Waals surface area contributed by atoms with Gasteiger partial charge in [0.15, 0.2) is 5.82 Å². The highest BCUT2D eigenvalue weighted by Crippen LogP contribution is 2.44. The molecule has 2 heterocycles. The van der Waals surface area contributed by atoms with Gasteiger partial charge in [0.25, 0.3) is 0 Å². The third-order valence-electron chi connectivity index (χ3n) is 5.66. The topological polar surface area (TPSA) is 107 Å². The first-order chi connectivity index (χ1) is 12.6. The zero-order valence-electron chi connectivity index (χ0n) is 14.7. The van der Waals surface area contributed by atoms with E-state index < -0.39 is 11.6 Å². The molecule has 2 saturated carbocycles. The van der Waals surface area contributed by atoms with Gasteiger partial charge in [-0.1, -0.05) is 0 Å². The second-order valence-corrected chi connectivity index (χ2v) is 7.80. The Kier molecular flexibility index (Phi) is 4.52. The minimum Gasteiger partial charge on any atom is -0.465 e. The van der Waals surface area contributed by atoms with Crippen LogP contribution in [0.3, 0.4) is 0 Å². The maximum Gasteiger partial charge on any atom is 0.404 e. The fourth-order valence-electron chi connectivity index (χ4n) is 3.85. The molecule has 2 aliphatic carbocycles. The van der Waals surface area contributed by atoms with E-state index in [9.17, 15) is 9.59 Å². The highest BCUT2D eigenvalue weighted by atomic mass is 16.4. The van der Waals surface area contributed by atoms with Gasteiger partial charge in [-0.3, -0.25) is 4.79 Å². The average Bonchev–Trinajstić information content (AvgIpc) is 3.54. The van der Waals surface area contributed by atoms with E-state index in [1.807, 2.05) is 0 Å². The Morgan fingerprint density at radius 1 is 1.23 bits per heavy atom. The maximum atomic E-state index is 13.0. The molecule has 3 aliphatic rings. The fourth-order valence-corrected chi connectivity index (χ4v) is 3.85. The van der Waals surface area contributed by atoms with Crippen LogP contribution >= 0.6 is 0 Å². The summed E-state index contributed by atoms with van der Waals surface area (Å²) in [6, 6.07) is 1.40. The molecule has 3 fully saturated rings. The van der Waals surface area contributed by atoms with Crippen LogP contribution in [0.2, 0.25) is 0 Å². The summed E-state index contributed by atoms with van der Waals surface area (Å²) in [5.41, 5.74) is -0.481. The number of likely N-dealkylation sites (tertiary alicyclic amines) is 1. The quantitative estimate of drug-likeness (QED) is 0.698. The van der Waals surface area contributed by atoms with Gasteiger partial charge in [-0.15, -0.1) is 0 Å². The van der Waals surface area contributed by atoms with Crippen molar-refractivity contribution >= 4 is 12.0 Å². The fraction of sp³-hybridized carbons (Fsp3) is 0.667. The van der Waals surface area contributed by atoms with Crippen LogP contribution in [0.1, 0.15) is 37.9 Å². The van der Waals surface area contributed by atoms with Gasteiger partial charge >= 0.3 is 6.09 Å². The van der Waals surface area contributed by atoms with Crippen molar-refractivity contribution in [3.63, 3.8) is 0 Å². The summed E-state index contributed by atoms with van der Waals surface area (Å²) in [5, 5.41) is 14.8. The predicted octanol–water partition coefficient (Wildman–Crippen LogP) is 0.950. The zero-order valence-corrected chi connectivity index (χ0v) is 14.7. The van der Waals surface area contributed by atoms with Crippen LogP contribution in [0.5, 0.6) is 0 Å². The monoisotopic (exact) mass is 359 g/mol. The van der Waals surface area contributed by atoms with Crippen molar-refractivity contribution in [2.75, 3.05) is 19.6 Å². The van der Waals surface area contributed by atoms with E-state index in [0.717, 1.165) is 31.8 Å². The van der Waals surface area contributed by atoms with Crippen LogP contribution in [0.15, 0.2) is 18.5 Å². The highest BCUT2D eigenvalue weighted by Gasteiger charge is 2.50. The van der Waals surface area contributed by atoms with Gasteiger partial charge in [-0.05, 0) is 44.1 Å². The van der Waals surface area contributed by atoms with Crippen LogP contribution in [-0.2, 0) is 10.3 Å². The van der Waals surface area contributed by atoms with Crippen molar-refractivity contribution in [1.29, 1.82) is 0 Å². The molecule has 140 valence electrons. The van der Waals surface area contributed by atoms with Gasteiger partial charge in [-0.2, -0.15) is 0 Å². The lowest BCUT2D eigenvalue weighted by atomic mass is 9.90. The van der Waals surface area contributed by atoms with E-state index in [1.165, 1.54) is 12.8 Å². The Hall–Kier alpha value is -2.22. The number of hydrogen-bond acceptors (Lipinski definition) is 5. The molecule has 2 amide bonds. The Morgan fingerprint density at radius 3 is 2.58 bits per heavy atom. The van der Waals surface area contributed by atoms with Gasteiger partial charge in [0.2, 0.25) is 5.91 Å². The second kappa shape index (κ2) is 6.83. The van der Waals surface area contributed by atoms with Crippen molar-refractivity contribution in [2.24, 2.45) is 11.8 Å². The third kappa shape index (κ3) is 3.80. The zero-order chi connectivity index (χ0) is 18.1. The van der Waals surface area contributed by atoms with Crippen molar-refractivity contribution in [3.8, 4) is 0 Å². The Labute approximate surface area is 152 Å². The number of piperidine rings is 1. The van der Waals surface area contributed by atoms with Gasteiger partial charge in [0.1, 0.15) is 0 Å². The largest absolute Gasteiger partial charge is 0.465 e. The number of carbonyl (C=O) groups excluding carboxylic acids is 1. The standard InChI is InChI=1S/C18H25N5O3/c24-15(22-18(5-6-18)16-19-7-1-8-20-16)13-11-23(10-12-2-3-12)9-4-14(13)21-17(25)26/h1,7-8,12-14,21H,2-6,9-11H2,(H,22,24)(H,25,26)/t13-,14-/m0/s1. The van der Waals surface area contributed by atoms with E-state index in [0.29, 0.717) is 18.8 Å². The molecule has 0 radical (unpaired) electrons. The van der Waals surface area contributed by atoms with Crippen molar-refractivity contribution < 1.29 is 14.7 Å². The Bertz CT molecular complexity index is 675. The maximum absolute atomic E-state index is 13.0. The first-order valence-corrected chi connectivity index (χ1v) is 9.37. The summed E-state index contributed by atoms with van der Waals surface area (Å²) in [6.45, 7) is 2.44. The van der Waals surface area contributed by atoms with E-state index >= 15 is 0 Å². The average molecular weight is 359 g/mol. The molecular weight excluding hydrogens is 334 g/mol. The third-order valence-corrected chi connectivity index (χ3v) is 5.66. The molecular formula is C18H25N5O3. The SMILES string of the molecule is O=C(O)N[C@H]1CCN(CC2CC2)C[C@@H]1C(=O)NC1(c2ncccn2)CC1. The van der Waals surface area contributed by atoms with Crippen LogP contribution in [-0.4, -0.2) is 57.7 Å². The first kappa shape index (κ1) is 17.2. The van der Waals surface area contributed by atoms with Crippen LogP contribution in [0.25, 0.3) is 0 Å². The summed E-state index contributed by atoms with van der Waals surface area (Å²) < 4.78 is 0. The lowest BCUT2D eigenvalue weighted by Gasteiger charge is -2.38. The second-order valence-electron chi connectivity index (χ2n) is 7.80. The molecule has 2 atom stereocenters. The van der Waals surface area contributed by atoms with E-state index in [1.54, 1.807) is 18.5 Å². The molecule has 0 unspecified atom stereocenters. The van der Waals surface area contributed by atoms with E-state index in [-0.39, 0.29) is 17.9 Å². The van der Waals surface area contributed by atoms with Gasteiger partial charge in [0.05, 0.1) is 11.5 Å². The van der Waals surface area contributed by atoms with Gasteiger partial charge in [-0.25, -0.2) is 14.8 Å². The molecule has 1 saturated heterocycles. The van der Waals surface area contributed by atoms with Crippen molar-refractivity contribution in [2.45, 2.75) is 43.7 Å². The van der Waals surface area contributed by atoms with Gasteiger partial charge < -0.3 is 20.6 Å². The molecule has 0 spiro atoms. The molecule has 1 aromatic rings. The van der Waals surface area contributed by atoms with Crippen LogP contribution in [0.4, 0.5) is 4.79 Å². The normalized spacial score (nSPS) is 27.5. The Balaban J connectivity index is 1.45. The van der Waals surface area contributed by atoms with E-state index in [4.69, 9.17) is 5.11 Å². The summed E-state index contributed by atoms with van der Waals surface area (Å²) in [4.78, 5) is 35.1. The number of aromatic nitrogens is 2. The molecule has 8 nitrogen and oxygen atoms in total. The molecule has 26 heavy (non-hydrogen) atoms. The smallest absolute Gasteiger partial charge is 0.404 e. The summed E-state index contributed by atoms with van der Waals surface area (Å²) in [5.74, 6) is 0.894.